The van der Waals surface area contributed by atoms with Gasteiger partial charge in [0.2, 0.25) is 5.91 Å². The van der Waals surface area contributed by atoms with Crippen LogP contribution >= 0.6 is 0 Å². The number of dihydropyridines is 1. The van der Waals surface area contributed by atoms with Crippen molar-refractivity contribution in [3.05, 3.63) is 41.7 Å². The molecule has 134 valence electrons. The number of nitrogens with one attached hydrogen (secondary N) is 1. The molecule has 5 nitrogen and oxygen atoms in total. The Morgan fingerprint density at radius 1 is 1.40 bits per heavy atom. The zero-order chi connectivity index (χ0) is 17.8. The summed E-state index contributed by atoms with van der Waals surface area (Å²) in [6, 6.07) is 4.95. The number of hydrogen-bond donors (Lipinski definition) is 2. The highest BCUT2D eigenvalue weighted by molar-refractivity contribution is 5.97. The summed E-state index contributed by atoms with van der Waals surface area (Å²) >= 11 is 0. The van der Waals surface area contributed by atoms with Crippen LogP contribution in [-0.2, 0) is 4.79 Å². The number of carbonyl (C=O) groups excluding carboxylic acids is 1. The Bertz CT molecular complexity index is 682. The molecule has 1 aromatic rings. The van der Waals surface area contributed by atoms with Crippen LogP contribution in [0.15, 0.2) is 35.5 Å². The second kappa shape index (κ2) is 7.91. The monoisotopic (exact) mass is 340 g/mol. The van der Waals surface area contributed by atoms with E-state index in [0.29, 0.717) is 30.8 Å². The Kier molecular flexibility index (Phi) is 5.63. The molecule has 3 N–H and O–H groups in total. The summed E-state index contributed by atoms with van der Waals surface area (Å²) in [5.41, 5.74) is 8.66. The highest BCUT2D eigenvalue weighted by atomic mass is 16.1. The van der Waals surface area contributed by atoms with E-state index < -0.39 is 0 Å². The number of amides is 1. The fourth-order valence-corrected chi connectivity index (χ4v) is 3.90. The van der Waals surface area contributed by atoms with E-state index in [-0.39, 0.29) is 11.9 Å². The maximum absolute atomic E-state index is 11.0. The summed E-state index contributed by atoms with van der Waals surface area (Å²) in [7, 11) is 0. The molecular formula is C20H28N4O. The number of piperidine rings is 1. The number of primary amides is 1. The zero-order valence-corrected chi connectivity index (χ0v) is 15.1. The van der Waals surface area contributed by atoms with E-state index in [1.165, 1.54) is 12.0 Å². The van der Waals surface area contributed by atoms with Gasteiger partial charge in [-0.15, -0.1) is 0 Å². The van der Waals surface area contributed by atoms with Gasteiger partial charge < -0.3 is 11.1 Å². The summed E-state index contributed by atoms with van der Waals surface area (Å²) in [5, 5.41) is 3.80. The molecule has 0 radical (unpaired) electrons. The van der Waals surface area contributed by atoms with E-state index in [0.717, 1.165) is 24.2 Å². The molecular weight excluding hydrogens is 312 g/mol. The normalized spacial score (nSPS) is 29.3. The van der Waals surface area contributed by atoms with Gasteiger partial charge in [-0.1, -0.05) is 19.1 Å². The van der Waals surface area contributed by atoms with E-state index in [1.807, 2.05) is 18.3 Å². The molecule has 1 aromatic heterocycles. The van der Waals surface area contributed by atoms with Crippen molar-refractivity contribution in [1.82, 2.24) is 10.3 Å². The van der Waals surface area contributed by atoms with Crippen LogP contribution in [0.2, 0.25) is 0 Å². The Morgan fingerprint density at radius 2 is 2.24 bits per heavy atom. The molecule has 25 heavy (non-hydrogen) atoms. The van der Waals surface area contributed by atoms with Crippen molar-refractivity contribution in [3.8, 4) is 0 Å². The first-order valence-electron chi connectivity index (χ1n) is 9.25. The van der Waals surface area contributed by atoms with Gasteiger partial charge in [0.05, 0.1) is 17.8 Å². The SMILES string of the molecule is Cc1cccnc1[C@@H]1CCC[C@H](C2N=C(CCC(N)=O)C=CC2C)N1. The first kappa shape index (κ1) is 17.8. The Morgan fingerprint density at radius 3 is 3.00 bits per heavy atom. The van der Waals surface area contributed by atoms with Gasteiger partial charge in [0.25, 0.3) is 0 Å². The van der Waals surface area contributed by atoms with Gasteiger partial charge in [-0.3, -0.25) is 14.8 Å². The molecule has 0 aromatic carbocycles. The van der Waals surface area contributed by atoms with Crippen molar-refractivity contribution in [1.29, 1.82) is 0 Å². The molecule has 0 bridgehead atoms. The molecule has 1 saturated heterocycles. The van der Waals surface area contributed by atoms with Crippen LogP contribution in [0.1, 0.15) is 56.3 Å². The lowest BCUT2D eigenvalue weighted by Gasteiger charge is -2.37. The van der Waals surface area contributed by atoms with Gasteiger partial charge in [0, 0.05) is 24.4 Å². The number of carbonyl (C=O) groups is 1. The van der Waals surface area contributed by atoms with Gasteiger partial charge in [0.15, 0.2) is 0 Å². The van der Waals surface area contributed by atoms with Crippen molar-refractivity contribution < 1.29 is 4.79 Å². The maximum Gasteiger partial charge on any atom is 0.217 e. The first-order chi connectivity index (χ1) is 12.0. The first-order valence-corrected chi connectivity index (χ1v) is 9.25. The summed E-state index contributed by atoms with van der Waals surface area (Å²) in [6.07, 6.45) is 10.5. The topological polar surface area (TPSA) is 80.4 Å². The van der Waals surface area contributed by atoms with Gasteiger partial charge in [-0.25, -0.2) is 0 Å². The van der Waals surface area contributed by atoms with Crippen molar-refractivity contribution in [2.75, 3.05) is 0 Å². The number of nitrogens with two attached hydrogens (primary N) is 1. The van der Waals surface area contributed by atoms with Crippen LogP contribution in [0.5, 0.6) is 0 Å². The third kappa shape index (κ3) is 4.34. The van der Waals surface area contributed by atoms with Crippen LogP contribution < -0.4 is 11.1 Å². The van der Waals surface area contributed by atoms with Gasteiger partial charge in [0.1, 0.15) is 0 Å². The average Bonchev–Trinajstić information content (AvgIpc) is 2.61. The number of nitrogens with zero attached hydrogens (tertiary/aromatic N) is 2. The molecule has 2 unspecified atom stereocenters. The van der Waals surface area contributed by atoms with Crippen molar-refractivity contribution in [3.63, 3.8) is 0 Å². The fraction of sp³-hybridized carbons (Fsp3) is 0.550. The highest BCUT2D eigenvalue weighted by Gasteiger charge is 2.32. The lowest BCUT2D eigenvalue weighted by molar-refractivity contribution is -0.117. The quantitative estimate of drug-likeness (QED) is 0.865. The molecule has 2 aliphatic heterocycles. The lowest BCUT2D eigenvalue weighted by Crippen LogP contribution is -2.47. The minimum absolute atomic E-state index is 0.208. The molecule has 3 rings (SSSR count). The van der Waals surface area contributed by atoms with Crippen LogP contribution in [0.25, 0.3) is 0 Å². The third-order valence-electron chi connectivity index (χ3n) is 5.29. The average molecular weight is 340 g/mol. The van der Waals surface area contributed by atoms with E-state index in [1.54, 1.807) is 0 Å². The standard InChI is InChI=1S/C20H28N4O/c1-13-5-4-12-22-19(13)16-6-3-7-17(24-16)20-14(2)8-9-15(23-20)10-11-18(21)25/h4-5,8-9,12,14,16-17,20,24H,3,6-7,10-11H2,1-2H3,(H2,21,25)/t14?,16-,17+,20?/m0/s1. The number of aryl methyl sites for hydroxylation is 1. The lowest BCUT2D eigenvalue weighted by atomic mass is 9.84. The summed E-state index contributed by atoms with van der Waals surface area (Å²) < 4.78 is 0. The molecule has 1 fully saturated rings. The van der Waals surface area contributed by atoms with Gasteiger partial charge in [-0.05, 0) is 56.2 Å². The fourth-order valence-electron chi connectivity index (χ4n) is 3.90. The largest absolute Gasteiger partial charge is 0.370 e. The summed E-state index contributed by atoms with van der Waals surface area (Å²) in [4.78, 5) is 20.6. The van der Waals surface area contributed by atoms with Crippen LogP contribution in [-0.4, -0.2) is 28.7 Å². The van der Waals surface area contributed by atoms with Crippen LogP contribution in [0.3, 0.4) is 0 Å². The maximum atomic E-state index is 11.0. The number of aromatic nitrogens is 1. The van der Waals surface area contributed by atoms with Crippen molar-refractivity contribution in [2.45, 2.75) is 64.1 Å². The Hall–Kier alpha value is -2.01. The second-order valence-corrected chi connectivity index (χ2v) is 7.26. The number of allylic oxidation sites excluding steroid dienone is 1. The minimum Gasteiger partial charge on any atom is -0.370 e. The molecule has 2 aliphatic rings. The predicted molar refractivity (Wildman–Crippen MR) is 100 cm³/mol. The molecule has 0 aliphatic carbocycles. The predicted octanol–water partition coefficient (Wildman–Crippen LogP) is 2.85. The molecule has 0 spiro atoms. The van der Waals surface area contributed by atoms with Crippen LogP contribution in [0.4, 0.5) is 0 Å². The van der Waals surface area contributed by atoms with E-state index in [2.05, 4.69) is 36.3 Å². The Labute approximate surface area is 149 Å². The minimum atomic E-state index is -0.271. The van der Waals surface area contributed by atoms with Gasteiger partial charge >= 0.3 is 0 Å². The molecule has 4 atom stereocenters. The second-order valence-electron chi connectivity index (χ2n) is 7.26. The Balaban J connectivity index is 1.72. The number of aliphatic imine (C=N–C) groups is 1. The zero-order valence-electron chi connectivity index (χ0n) is 15.1. The summed E-state index contributed by atoms with van der Waals surface area (Å²) in [5.74, 6) is 0.117. The third-order valence-corrected chi connectivity index (χ3v) is 5.29. The molecule has 3 heterocycles. The van der Waals surface area contributed by atoms with E-state index >= 15 is 0 Å². The molecule has 1 amide bonds. The van der Waals surface area contributed by atoms with E-state index in [9.17, 15) is 4.79 Å². The number of rotatable bonds is 5. The van der Waals surface area contributed by atoms with Gasteiger partial charge in [-0.2, -0.15) is 0 Å². The summed E-state index contributed by atoms with van der Waals surface area (Å²) in [6.45, 7) is 4.34. The molecule has 5 heteroatoms. The van der Waals surface area contributed by atoms with Crippen molar-refractivity contribution >= 4 is 11.6 Å². The number of pyridine rings is 1. The number of hydrogen-bond acceptors (Lipinski definition) is 4. The van der Waals surface area contributed by atoms with E-state index in [4.69, 9.17) is 10.7 Å². The highest BCUT2D eigenvalue weighted by Crippen LogP contribution is 2.31. The molecule has 0 saturated carbocycles. The smallest absolute Gasteiger partial charge is 0.217 e. The van der Waals surface area contributed by atoms with Crippen LogP contribution in [0, 0.1) is 12.8 Å². The van der Waals surface area contributed by atoms with Crippen molar-refractivity contribution in [2.24, 2.45) is 16.6 Å².